The van der Waals surface area contributed by atoms with E-state index in [4.69, 9.17) is 0 Å². The molecule has 0 aliphatic carbocycles. The fourth-order valence-corrected chi connectivity index (χ4v) is 1.80. The fourth-order valence-electron chi connectivity index (χ4n) is 0.541. The Bertz CT molecular complexity index is 253. The quantitative estimate of drug-likeness (QED) is 0.541. The van der Waals surface area contributed by atoms with Crippen molar-refractivity contribution in [1.29, 1.82) is 0 Å². The van der Waals surface area contributed by atoms with Crippen LogP contribution in [0.15, 0.2) is 3.79 Å². The summed E-state index contributed by atoms with van der Waals surface area (Å²) in [6.07, 6.45) is 0. The molecule has 6 heteroatoms. The van der Waals surface area contributed by atoms with Gasteiger partial charge in [-0.1, -0.05) is 0 Å². The first-order chi connectivity index (χ1) is 4.63. The van der Waals surface area contributed by atoms with Crippen molar-refractivity contribution in [3.8, 4) is 0 Å². The first kappa shape index (κ1) is 7.62. The molecule has 0 atom stereocenters. The summed E-state index contributed by atoms with van der Waals surface area (Å²) >= 11 is 4.12. The summed E-state index contributed by atoms with van der Waals surface area (Å²) in [5.74, 6) is 0. The molecule has 1 heterocycles. The van der Waals surface area contributed by atoms with Crippen LogP contribution in [0.5, 0.6) is 0 Å². The van der Waals surface area contributed by atoms with Gasteiger partial charge in [0.1, 0.15) is 5.69 Å². The Balaban J connectivity index is 3.23. The molecular weight excluding hydrogens is 220 g/mol. The second-order valence-electron chi connectivity index (χ2n) is 1.65. The van der Waals surface area contributed by atoms with Crippen LogP contribution >= 0.6 is 27.5 Å². The van der Waals surface area contributed by atoms with E-state index in [-0.39, 0.29) is 5.69 Å². The van der Waals surface area contributed by atoms with E-state index >= 15 is 0 Å². The first-order valence-electron chi connectivity index (χ1n) is 2.39. The van der Waals surface area contributed by atoms with Crippen molar-refractivity contribution in [2.24, 2.45) is 0 Å². The molecule has 0 spiro atoms. The Morgan fingerprint density at radius 3 is 2.60 bits per heavy atom. The third-order valence-corrected chi connectivity index (χ3v) is 2.50. The van der Waals surface area contributed by atoms with Crippen LogP contribution in [0.1, 0.15) is 5.69 Å². The van der Waals surface area contributed by atoms with Gasteiger partial charge in [0.2, 0.25) is 0 Å². The van der Waals surface area contributed by atoms with Gasteiger partial charge in [-0.15, -0.1) is 0 Å². The molecular formula is C4H3BrN2O2S. The summed E-state index contributed by atoms with van der Waals surface area (Å²) in [4.78, 5) is 9.80. The van der Waals surface area contributed by atoms with Crippen molar-refractivity contribution in [2.45, 2.75) is 6.92 Å². The molecule has 54 valence electrons. The molecule has 10 heavy (non-hydrogen) atoms. The summed E-state index contributed by atoms with van der Waals surface area (Å²) < 4.78 is 4.27. The lowest BCUT2D eigenvalue weighted by atomic mass is 10.4. The fraction of sp³-hybridized carbons (Fsp3) is 0.250. The zero-order valence-electron chi connectivity index (χ0n) is 5.00. The molecule has 0 amide bonds. The largest absolute Gasteiger partial charge is 0.317 e. The van der Waals surface area contributed by atoms with Gasteiger partial charge in [-0.25, -0.2) is 0 Å². The number of hydrogen-bond donors (Lipinski definition) is 0. The van der Waals surface area contributed by atoms with E-state index in [1.807, 2.05) is 0 Å². The maximum Gasteiger partial charge on any atom is 0.317 e. The van der Waals surface area contributed by atoms with Crippen LogP contribution in [0, 0.1) is 17.0 Å². The van der Waals surface area contributed by atoms with Gasteiger partial charge in [0.05, 0.1) is 4.92 Å². The number of nitro groups is 1. The van der Waals surface area contributed by atoms with Crippen molar-refractivity contribution >= 4 is 33.1 Å². The molecule has 0 aliphatic rings. The standard InChI is InChI=1S/C4H3BrN2O2S/c1-2-3(7(8)9)4(5)10-6-2/h1H3. The molecule has 0 radical (unpaired) electrons. The number of rotatable bonds is 1. The van der Waals surface area contributed by atoms with E-state index < -0.39 is 4.92 Å². The van der Waals surface area contributed by atoms with E-state index in [9.17, 15) is 10.1 Å². The average molecular weight is 223 g/mol. The average Bonchev–Trinajstić information content (AvgIpc) is 2.11. The molecule has 0 aromatic carbocycles. The molecule has 4 nitrogen and oxygen atoms in total. The van der Waals surface area contributed by atoms with E-state index in [1.54, 1.807) is 6.92 Å². The van der Waals surface area contributed by atoms with E-state index in [1.165, 1.54) is 0 Å². The van der Waals surface area contributed by atoms with Crippen LogP contribution in [0.4, 0.5) is 5.69 Å². The Hall–Kier alpha value is -0.490. The van der Waals surface area contributed by atoms with Crippen molar-refractivity contribution in [3.63, 3.8) is 0 Å². The molecule has 0 saturated heterocycles. The van der Waals surface area contributed by atoms with Crippen LogP contribution < -0.4 is 0 Å². The Kier molecular flexibility index (Phi) is 2.00. The number of nitrogens with zero attached hydrogens (tertiary/aromatic N) is 2. The first-order valence-corrected chi connectivity index (χ1v) is 3.95. The smallest absolute Gasteiger partial charge is 0.258 e. The van der Waals surface area contributed by atoms with Crippen LogP contribution in [-0.4, -0.2) is 9.30 Å². The highest BCUT2D eigenvalue weighted by Crippen LogP contribution is 2.31. The molecule has 0 unspecified atom stereocenters. The predicted octanol–water partition coefficient (Wildman–Crippen LogP) is 2.12. The highest BCUT2D eigenvalue weighted by Gasteiger charge is 2.18. The lowest BCUT2D eigenvalue weighted by molar-refractivity contribution is -0.386. The van der Waals surface area contributed by atoms with Gasteiger partial charge in [0.15, 0.2) is 3.79 Å². The van der Waals surface area contributed by atoms with Crippen LogP contribution in [-0.2, 0) is 0 Å². The van der Waals surface area contributed by atoms with Gasteiger partial charge in [0.25, 0.3) is 0 Å². The van der Waals surface area contributed by atoms with E-state index in [2.05, 4.69) is 20.3 Å². The molecule has 1 aromatic rings. The summed E-state index contributed by atoms with van der Waals surface area (Å²) in [6, 6.07) is 0. The summed E-state index contributed by atoms with van der Waals surface area (Å²) in [7, 11) is 0. The number of halogens is 1. The normalized spacial score (nSPS) is 9.80. The molecule has 0 fully saturated rings. The molecule has 0 aliphatic heterocycles. The monoisotopic (exact) mass is 222 g/mol. The zero-order valence-corrected chi connectivity index (χ0v) is 7.40. The zero-order chi connectivity index (χ0) is 7.72. The molecule has 1 rings (SSSR count). The van der Waals surface area contributed by atoms with Crippen molar-refractivity contribution in [2.75, 3.05) is 0 Å². The minimum atomic E-state index is -0.442. The minimum absolute atomic E-state index is 0.0741. The Labute approximate surface area is 69.3 Å². The third kappa shape index (κ3) is 1.17. The van der Waals surface area contributed by atoms with Gasteiger partial charge < -0.3 is 0 Å². The molecule has 0 N–H and O–H groups in total. The second kappa shape index (κ2) is 2.63. The Morgan fingerprint density at radius 1 is 1.80 bits per heavy atom. The van der Waals surface area contributed by atoms with Crippen molar-refractivity contribution < 1.29 is 4.92 Å². The Morgan fingerprint density at radius 2 is 2.40 bits per heavy atom. The number of hydrogen-bond acceptors (Lipinski definition) is 4. The molecule has 0 saturated carbocycles. The van der Waals surface area contributed by atoms with Crippen LogP contribution in [0.3, 0.4) is 0 Å². The summed E-state index contributed by atoms with van der Waals surface area (Å²) in [5, 5.41) is 10.2. The van der Waals surface area contributed by atoms with E-state index in [0.717, 1.165) is 11.5 Å². The molecule has 1 aromatic heterocycles. The summed E-state index contributed by atoms with van der Waals surface area (Å²) in [6.45, 7) is 1.61. The number of aryl methyl sites for hydroxylation is 1. The van der Waals surface area contributed by atoms with Crippen molar-refractivity contribution in [1.82, 2.24) is 4.37 Å². The highest BCUT2D eigenvalue weighted by atomic mass is 79.9. The van der Waals surface area contributed by atoms with Gasteiger partial charge >= 0.3 is 5.69 Å². The SMILES string of the molecule is Cc1nsc(Br)c1[N+](=O)[O-]. The lowest BCUT2D eigenvalue weighted by Gasteiger charge is -1.84. The summed E-state index contributed by atoms with van der Waals surface area (Å²) in [5.41, 5.74) is 0.534. The van der Waals surface area contributed by atoms with Gasteiger partial charge in [-0.2, -0.15) is 4.37 Å². The van der Waals surface area contributed by atoms with Gasteiger partial charge in [-0.3, -0.25) is 10.1 Å². The lowest BCUT2D eigenvalue weighted by Crippen LogP contribution is -1.88. The van der Waals surface area contributed by atoms with Crippen molar-refractivity contribution in [3.05, 3.63) is 19.6 Å². The number of aromatic nitrogens is 1. The second-order valence-corrected chi connectivity index (χ2v) is 3.74. The van der Waals surface area contributed by atoms with E-state index in [0.29, 0.717) is 9.48 Å². The maximum absolute atomic E-state index is 10.2. The molecule has 0 bridgehead atoms. The maximum atomic E-state index is 10.2. The van der Waals surface area contributed by atoms with Gasteiger partial charge in [0, 0.05) is 0 Å². The minimum Gasteiger partial charge on any atom is -0.258 e. The highest BCUT2D eigenvalue weighted by molar-refractivity contribution is 9.11. The third-order valence-electron chi connectivity index (χ3n) is 0.974. The van der Waals surface area contributed by atoms with Gasteiger partial charge in [-0.05, 0) is 34.4 Å². The topological polar surface area (TPSA) is 56.0 Å². The predicted molar refractivity (Wildman–Crippen MR) is 41.2 cm³/mol. The van der Waals surface area contributed by atoms with Crippen LogP contribution in [0.2, 0.25) is 0 Å². The van der Waals surface area contributed by atoms with Crippen LogP contribution in [0.25, 0.3) is 0 Å².